The number of hydrogen-bond acceptors (Lipinski definition) is 4. The van der Waals surface area contributed by atoms with E-state index in [4.69, 9.17) is 0 Å². The van der Waals surface area contributed by atoms with E-state index in [1.54, 1.807) is 0 Å². The van der Waals surface area contributed by atoms with Gasteiger partial charge in [0.05, 0.1) is 12.1 Å². The van der Waals surface area contributed by atoms with Crippen molar-refractivity contribution < 1.29 is 5.11 Å². The van der Waals surface area contributed by atoms with Crippen LogP contribution in [0.15, 0.2) is 0 Å². The smallest absolute Gasteiger partial charge is 0.0623 e. The molecule has 110 valence electrons. The van der Waals surface area contributed by atoms with Crippen molar-refractivity contribution in [1.29, 1.82) is 0 Å². The third-order valence-electron chi connectivity index (χ3n) is 3.25. The van der Waals surface area contributed by atoms with Crippen LogP contribution in [0.25, 0.3) is 0 Å². The molecule has 18 heavy (non-hydrogen) atoms. The second-order valence-electron chi connectivity index (χ2n) is 5.67. The van der Waals surface area contributed by atoms with E-state index in [0.29, 0.717) is 0 Å². The lowest BCUT2D eigenvalue weighted by molar-refractivity contribution is 0.120. The van der Waals surface area contributed by atoms with Crippen molar-refractivity contribution in [1.82, 2.24) is 15.1 Å². The maximum atomic E-state index is 9.57. The molecule has 0 fully saturated rings. The molecule has 0 saturated heterocycles. The quantitative estimate of drug-likeness (QED) is 0.581. The first-order valence-corrected chi connectivity index (χ1v) is 7.20. The minimum Gasteiger partial charge on any atom is -0.394 e. The molecule has 0 aromatic heterocycles. The first-order valence-electron chi connectivity index (χ1n) is 7.20. The van der Waals surface area contributed by atoms with Crippen molar-refractivity contribution in [3.8, 4) is 0 Å². The highest BCUT2D eigenvalue weighted by molar-refractivity contribution is 4.85. The molecule has 2 N–H and O–H groups in total. The first kappa shape index (κ1) is 17.8. The molecular weight excluding hydrogens is 226 g/mol. The molecule has 0 amide bonds. The molecule has 4 nitrogen and oxygen atoms in total. The summed E-state index contributed by atoms with van der Waals surface area (Å²) in [6.07, 6.45) is 2.28. The monoisotopic (exact) mass is 259 g/mol. The standard InChI is InChI=1S/C14H33N3O/c1-6-9-15-14(3,13-18)12-17(7-2)11-8-10-16(4)5/h15,18H,6-13H2,1-5H3. The van der Waals surface area contributed by atoms with Crippen LogP contribution in [-0.4, -0.2) is 73.9 Å². The van der Waals surface area contributed by atoms with Crippen molar-refractivity contribution in [3.63, 3.8) is 0 Å². The van der Waals surface area contributed by atoms with Crippen LogP contribution in [0.2, 0.25) is 0 Å². The Morgan fingerprint density at radius 2 is 1.83 bits per heavy atom. The molecule has 0 aromatic rings. The van der Waals surface area contributed by atoms with E-state index in [-0.39, 0.29) is 12.1 Å². The molecular formula is C14H33N3O. The van der Waals surface area contributed by atoms with Crippen LogP contribution in [0.4, 0.5) is 0 Å². The number of rotatable bonds is 11. The Labute approximate surface area is 113 Å². The lowest BCUT2D eigenvalue weighted by Crippen LogP contribution is -2.54. The highest BCUT2D eigenvalue weighted by atomic mass is 16.3. The third-order valence-corrected chi connectivity index (χ3v) is 3.25. The average molecular weight is 259 g/mol. The van der Waals surface area contributed by atoms with Crippen LogP contribution < -0.4 is 5.32 Å². The lowest BCUT2D eigenvalue weighted by atomic mass is 10.0. The van der Waals surface area contributed by atoms with Crippen LogP contribution in [0, 0.1) is 0 Å². The molecule has 0 bridgehead atoms. The van der Waals surface area contributed by atoms with Crippen LogP contribution in [-0.2, 0) is 0 Å². The molecule has 0 spiro atoms. The normalized spacial score (nSPS) is 15.3. The van der Waals surface area contributed by atoms with Gasteiger partial charge < -0.3 is 20.2 Å². The van der Waals surface area contributed by atoms with Gasteiger partial charge >= 0.3 is 0 Å². The Balaban J connectivity index is 4.12. The van der Waals surface area contributed by atoms with Gasteiger partial charge in [-0.3, -0.25) is 0 Å². The van der Waals surface area contributed by atoms with Gasteiger partial charge in [0.1, 0.15) is 0 Å². The highest BCUT2D eigenvalue weighted by Gasteiger charge is 2.24. The summed E-state index contributed by atoms with van der Waals surface area (Å²) in [6, 6.07) is 0. The summed E-state index contributed by atoms with van der Waals surface area (Å²) in [5, 5.41) is 13.0. The summed E-state index contributed by atoms with van der Waals surface area (Å²) in [4.78, 5) is 4.64. The maximum Gasteiger partial charge on any atom is 0.0623 e. The van der Waals surface area contributed by atoms with Crippen LogP contribution >= 0.6 is 0 Å². The molecule has 0 saturated carbocycles. The molecule has 0 radical (unpaired) electrons. The fourth-order valence-corrected chi connectivity index (χ4v) is 2.04. The minimum absolute atomic E-state index is 0.176. The van der Waals surface area contributed by atoms with Crippen molar-refractivity contribution in [2.24, 2.45) is 0 Å². The second-order valence-corrected chi connectivity index (χ2v) is 5.67. The molecule has 0 aromatic carbocycles. The van der Waals surface area contributed by atoms with Gasteiger partial charge in [0.25, 0.3) is 0 Å². The van der Waals surface area contributed by atoms with Gasteiger partial charge in [0.15, 0.2) is 0 Å². The van der Waals surface area contributed by atoms with Gasteiger partial charge in [0, 0.05) is 6.54 Å². The van der Waals surface area contributed by atoms with Gasteiger partial charge in [-0.2, -0.15) is 0 Å². The largest absolute Gasteiger partial charge is 0.394 e. The fourth-order valence-electron chi connectivity index (χ4n) is 2.04. The Morgan fingerprint density at radius 1 is 1.17 bits per heavy atom. The number of nitrogens with zero attached hydrogens (tertiary/aromatic N) is 2. The molecule has 1 atom stereocenters. The molecule has 4 heteroatoms. The zero-order chi connectivity index (χ0) is 14.0. The molecule has 1 unspecified atom stereocenters. The predicted octanol–water partition coefficient (Wildman–Crippen LogP) is 1.01. The summed E-state index contributed by atoms with van der Waals surface area (Å²) >= 11 is 0. The first-order chi connectivity index (χ1) is 8.47. The van der Waals surface area contributed by atoms with E-state index in [1.807, 2.05) is 0 Å². The predicted molar refractivity (Wildman–Crippen MR) is 79.1 cm³/mol. The van der Waals surface area contributed by atoms with Gasteiger partial charge in [0.2, 0.25) is 0 Å². The van der Waals surface area contributed by atoms with Crippen molar-refractivity contribution in [2.45, 2.75) is 39.2 Å². The Hall–Kier alpha value is -0.160. The summed E-state index contributed by atoms with van der Waals surface area (Å²) in [5.41, 5.74) is -0.176. The zero-order valence-electron chi connectivity index (χ0n) is 13.0. The van der Waals surface area contributed by atoms with Crippen LogP contribution in [0.5, 0.6) is 0 Å². The van der Waals surface area contributed by atoms with E-state index in [2.05, 4.69) is 50.0 Å². The average Bonchev–Trinajstić information content (AvgIpc) is 2.34. The number of hydrogen-bond donors (Lipinski definition) is 2. The number of nitrogens with one attached hydrogen (secondary N) is 1. The lowest BCUT2D eigenvalue weighted by Gasteiger charge is -2.35. The molecule has 0 aliphatic heterocycles. The van der Waals surface area contributed by atoms with Crippen molar-refractivity contribution in [3.05, 3.63) is 0 Å². The maximum absolute atomic E-state index is 9.57. The Bertz CT molecular complexity index is 199. The topological polar surface area (TPSA) is 38.7 Å². The molecule has 0 aliphatic carbocycles. The van der Waals surface area contributed by atoms with Crippen LogP contribution in [0.3, 0.4) is 0 Å². The fraction of sp³-hybridized carbons (Fsp3) is 1.00. The van der Waals surface area contributed by atoms with Crippen LogP contribution in [0.1, 0.15) is 33.6 Å². The minimum atomic E-state index is -0.176. The van der Waals surface area contributed by atoms with E-state index in [0.717, 1.165) is 39.1 Å². The van der Waals surface area contributed by atoms with E-state index < -0.39 is 0 Å². The second kappa shape index (κ2) is 9.73. The Morgan fingerprint density at radius 3 is 2.28 bits per heavy atom. The third kappa shape index (κ3) is 8.03. The van der Waals surface area contributed by atoms with Crippen molar-refractivity contribution >= 4 is 0 Å². The number of aliphatic hydroxyl groups excluding tert-OH is 1. The summed E-state index contributed by atoms with van der Waals surface area (Å²) in [7, 11) is 4.22. The van der Waals surface area contributed by atoms with Crippen molar-refractivity contribution in [2.75, 3.05) is 53.4 Å². The van der Waals surface area contributed by atoms with Gasteiger partial charge in [-0.25, -0.2) is 0 Å². The highest BCUT2D eigenvalue weighted by Crippen LogP contribution is 2.07. The van der Waals surface area contributed by atoms with Gasteiger partial charge in [-0.1, -0.05) is 13.8 Å². The molecule has 0 heterocycles. The molecule has 0 rings (SSSR count). The Kier molecular flexibility index (Phi) is 9.64. The summed E-state index contributed by atoms with van der Waals surface area (Å²) in [5.74, 6) is 0. The van der Waals surface area contributed by atoms with Gasteiger partial charge in [-0.05, 0) is 60.0 Å². The summed E-state index contributed by atoms with van der Waals surface area (Å²) < 4.78 is 0. The molecule has 0 aliphatic rings. The number of aliphatic hydroxyl groups is 1. The number of likely N-dealkylation sites (N-methyl/N-ethyl adjacent to an activating group) is 1. The van der Waals surface area contributed by atoms with E-state index >= 15 is 0 Å². The van der Waals surface area contributed by atoms with E-state index in [1.165, 1.54) is 6.42 Å². The SMILES string of the molecule is CCCNC(C)(CO)CN(CC)CCCN(C)C. The zero-order valence-corrected chi connectivity index (χ0v) is 13.0. The van der Waals surface area contributed by atoms with Gasteiger partial charge in [-0.15, -0.1) is 0 Å². The summed E-state index contributed by atoms with van der Waals surface area (Å²) in [6.45, 7) is 11.8. The van der Waals surface area contributed by atoms with E-state index in [9.17, 15) is 5.11 Å².